The Labute approximate surface area is 184 Å². The molecule has 7 heteroatoms. The van der Waals surface area contributed by atoms with E-state index in [4.69, 9.17) is 9.73 Å². The zero-order chi connectivity index (χ0) is 22.1. The summed E-state index contributed by atoms with van der Waals surface area (Å²) >= 11 is 0. The lowest BCUT2D eigenvalue weighted by molar-refractivity contribution is 0.476. The summed E-state index contributed by atoms with van der Waals surface area (Å²) in [5.74, 6) is 4.14. The number of rotatable bonds is 9. The largest absolute Gasteiger partial charge is 0.457 e. The molecule has 2 N–H and O–H groups in total. The summed E-state index contributed by atoms with van der Waals surface area (Å²) in [7, 11) is 1.97. The first kappa shape index (κ1) is 22.3. The summed E-state index contributed by atoms with van der Waals surface area (Å²) in [4.78, 5) is 4.81. The van der Waals surface area contributed by atoms with Crippen LogP contribution in [0.5, 0.6) is 11.5 Å². The molecule has 0 spiro atoms. The number of aromatic nitrogens is 3. The predicted octanol–water partition coefficient (Wildman–Crippen LogP) is 4.26. The maximum absolute atomic E-state index is 6.14. The van der Waals surface area contributed by atoms with Crippen molar-refractivity contribution in [2.24, 2.45) is 12.0 Å². The molecule has 0 unspecified atom stereocenters. The Morgan fingerprint density at radius 1 is 1.06 bits per heavy atom. The molecule has 0 saturated carbocycles. The lowest BCUT2D eigenvalue weighted by atomic mass is 10.1. The summed E-state index contributed by atoms with van der Waals surface area (Å²) in [6.07, 6.45) is 2.20. The van der Waals surface area contributed by atoms with Crippen LogP contribution in [0.2, 0.25) is 0 Å². The van der Waals surface area contributed by atoms with Gasteiger partial charge < -0.3 is 19.9 Å². The molecule has 164 valence electrons. The van der Waals surface area contributed by atoms with Gasteiger partial charge >= 0.3 is 0 Å². The number of aliphatic imine (C=N–C) groups is 1. The highest BCUT2D eigenvalue weighted by molar-refractivity contribution is 5.79. The molecule has 1 aromatic heterocycles. The van der Waals surface area contributed by atoms with Crippen LogP contribution < -0.4 is 15.4 Å². The van der Waals surface area contributed by atoms with Crippen molar-refractivity contribution in [1.29, 1.82) is 0 Å². The molecule has 0 saturated heterocycles. The zero-order valence-corrected chi connectivity index (χ0v) is 18.9. The number of nitrogens with one attached hydrogen (secondary N) is 2. The van der Waals surface area contributed by atoms with Crippen molar-refractivity contribution in [3.05, 3.63) is 71.3 Å². The maximum atomic E-state index is 6.14. The van der Waals surface area contributed by atoms with Crippen molar-refractivity contribution in [1.82, 2.24) is 25.4 Å². The first-order valence-corrected chi connectivity index (χ1v) is 10.8. The van der Waals surface area contributed by atoms with Gasteiger partial charge in [-0.15, -0.1) is 10.2 Å². The summed E-state index contributed by atoms with van der Waals surface area (Å²) < 4.78 is 8.11. The first-order valence-electron chi connectivity index (χ1n) is 10.8. The van der Waals surface area contributed by atoms with E-state index < -0.39 is 0 Å². The number of aryl methyl sites for hydroxylation is 2. The normalized spacial score (nSPS) is 11.4. The smallest absolute Gasteiger partial charge is 0.191 e. The molecule has 1 heterocycles. The zero-order valence-electron chi connectivity index (χ0n) is 18.9. The number of unbranched alkanes of at least 4 members (excludes halogenated alkanes) is 1. The van der Waals surface area contributed by atoms with Gasteiger partial charge in [-0.2, -0.15) is 0 Å². The molecule has 0 aliphatic rings. The molecule has 0 radical (unpaired) electrons. The second-order valence-electron chi connectivity index (χ2n) is 7.55. The Hall–Kier alpha value is -3.35. The fourth-order valence-corrected chi connectivity index (χ4v) is 2.99. The van der Waals surface area contributed by atoms with Gasteiger partial charge in [-0.1, -0.05) is 43.7 Å². The lowest BCUT2D eigenvalue weighted by Gasteiger charge is -2.14. The quantitative estimate of drug-likeness (QED) is 0.307. The lowest BCUT2D eigenvalue weighted by Crippen LogP contribution is -2.38. The van der Waals surface area contributed by atoms with E-state index in [1.54, 1.807) is 0 Å². The summed E-state index contributed by atoms with van der Waals surface area (Å²) in [5, 5.41) is 15.1. The van der Waals surface area contributed by atoms with Crippen LogP contribution in [0, 0.1) is 13.8 Å². The van der Waals surface area contributed by atoms with E-state index in [-0.39, 0.29) is 0 Å². The van der Waals surface area contributed by atoms with E-state index in [2.05, 4.69) is 52.9 Å². The van der Waals surface area contributed by atoms with E-state index >= 15 is 0 Å². The van der Waals surface area contributed by atoms with E-state index in [0.717, 1.165) is 59.6 Å². The average Bonchev–Trinajstić information content (AvgIpc) is 3.09. The van der Waals surface area contributed by atoms with Gasteiger partial charge in [0.1, 0.15) is 17.3 Å². The third-order valence-corrected chi connectivity index (χ3v) is 5.02. The summed E-state index contributed by atoms with van der Waals surface area (Å²) in [5.41, 5.74) is 2.18. The van der Waals surface area contributed by atoms with Crippen molar-refractivity contribution in [3.63, 3.8) is 0 Å². The van der Waals surface area contributed by atoms with Gasteiger partial charge in [0, 0.05) is 19.2 Å². The Bertz CT molecular complexity index is 997. The number of hydrogen-bond acceptors (Lipinski definition) is 4. The standard InChI is InChI=1S/C24H32N6O/c1-5-6-14-25-24(27-17-23-29-28-19(3)30(23)4)26-16-20-13-12-18(2)15-22(20)31-21-10-8-7-9-11-21/h7-13,15H,5-6,14,16-17H2,1-4H3,(H2,25,26,27). The van der Waals surface area contributed by atoms with Crippen LogP contribution in [0.1, 0.15) is 42.5 Å². The molecule has 3 aromatic rings. The molecule has 0 aliphatic carbocycles. The molecule has 31 heavy (non-hydrogen) atoms. The number of hydrogen-bond donors (Lipinski definition) is 2. The molecule has 2 aromatic carbocycles. The second-order valence-corrected chi connectivity index (χ2v) is 7.55. The van der Waals surface area contributed by atoms with Gasteiger partial charge in [-0.3, -0.25) is 0 Å². The van der Waals surface area contributed by atoms with Crippen LogP contribution in [0.4, 0.5) is 0 Å². The molecule has 0 fully saturated rings. The second kappa shape index (κ2) is 11.2. The molecule has 0 aliphatic heterocycles. The van der Waals surface area contributed by atoms with Crippen LogP contribution in [-0.2, 0) is 20.1 Å². The van der Waals surface area contributed by atoms with Gasteiger partial charge in [0.15, 0.2) is 11.8 Å². The minimum atomic E-state index is 0.502. The third kappa shape index (κ3) is 6.57. The number of ether oxygens (including phenoxy) is 1. The highest BCUT2D eigenvalue weighted by Crippen LogP contribution is 2.27. The monoisotopic (exact) mass is 420 g/mol. The van der Waals surface area contributed by atoms with E-state index in [0.29, 0.717) is 13.1 Å². The Balaban J connectivity index is 1.74. The van der Waals surface area contributed by atoms with Crippen molar-refractivity contribution in [3.8, 4) is 11.5 Å². The summed E-state index contributed by atoms with van der Waals surface area (Å²) in [6.45, 7) is 8.09. The van der Waals surface area contributed by atoms with Crippen molar-refractivity contribution < 1.29 is 4.74 Å². The predicted molar refractivity (Wildman–Crippen MR) is 124 cm³/mol. The minimum absolute atomic E-state index is 0.502. The van der Waals surface area contributed by atoms with Crippen LogP contribution in [0.15, 0.2) is 53.5 Å². The minimum Gasteiger partial charge on any atom is -0.457 e. The molecule has 0 amide bonds. The Morgan fingerprint density at radius 2 is 1.87 bits per heavy atom. The van der Waals surface area contributed by atoms with Crippen LogP contribution in [-0.4, -0.2) is 27.3 Å². The van der Waals surface area contributed by atoms with Crippen molar-refractivity contribution in [2.45, 2.75) is 46.7 Å². The molecule has 0 bridgehead atoms. The molecule has 0 atom stereocenters. The highest BCUT2D eigenvalue weighted by Gasteiger charge is 2.09. The molecule has 3 rings (SSSR count). The molecule has 7 nitrogen and oxygen atoms in total. The SMILES string of the molecule is CCCCNC(=NCc1ccc(C)cc1Oc1ccccc1)NCc1nnc(C)n1C. The van der Waals surface area contributed by atoms with E-state index in [1.165, 1.54) is 0 Å². The van der Waals surface area contributed by atoms with Gasteiger partial charge in [0.25, 0.3) is 0 Å². The fraction of sp³-hybridized carbons (Fsp3) is 0.375. The van der Waals surface area contributed by atoms with Gasteiger partial charge in [0.2, 0.25) is 0 Å². The first-order chi connectivity index (χ1) is 15.1. The van der Waals surface area contributed by atoms with E-state index in [9.17, 15) is 0 Å². The number of para-hydroxylation sites is 1. The highest BCUT2D eigenvalue weighted by atomic mass is 16.5. The van der Waals surface area contributed by atoms with Crippen molar-refractivity contribution >= 4 is 5.96 Å². The van der Waals surface area contributed by atoms with Crippen LogP contribution in [0.25, 0.3) is 0 Å². The average molecular weight is 421 g/mol. The topological polar surface area (TPSA) is 76.4 Å². The number of guanidine groups is 1. The fourth-order valence-electron chi connectivity index (χ4n) is 2.99. The maximum Gasteiger partial charge on any atom is 0.191 e. The Kier molecular flexibility index (Phi) is 8.04. The van der Waals surface area contributed by atoms with Crippen molar-refractivity contribution in [2.75, 3.05) is 6.54 Å². The van der Waals surface area contributed by atoms with E-state index in [1.807, 2.05) is 48.9 Å². The van der Waals surface area contributed by atoms with Crippen LogP contribution >= 0.6 is 0 Å². The molecular weight excluding hydrogens is 388 g/mol. The van der Waals surface area contributed by atoms with Gasteiger partial charge in [-0.05, 0) is 44.0 Å². The number of benzene rings is 2. The van der Waals surface area contributed by atoms with Crippen LogP contribution in [0.3, 0.4) is 0 Å². The molecular formula is C24H32N6O. The summed E-state index contributed by atoms with van der Waals surface area (Å²) in [6, 6.07) is 16.0. The van der Waals surface area contributed by atoms with Gasteiger partial charge in [0.05, 0.1) is 13.1 Å². The third-order valence-electron chi connectivity index (χ3n) is 5.02. The number of nitrogens with zero attached hydrogens (tertiary/aromatic N) is 4. The Morgan fingerprint density at radius 3 is 2.58 bits per heavy atom. The van der Waals surface area contributed by atoms with Gasteiger partial charge in [-0.25, -0.2) is 4.99 Å².